The number of nitrogens with zero attached hydrogens (tertiary/aromatic N) is 1. The van der Waals surface area contributed by atoms with Gasteiger partial charge in [0.1, 0.15) is 6.54 Å². The van der Waals surface area contributed by atoms with Crippen LogP contribution in [-0.2, 0) is 20.7 Å². The van der Waals surface area contributed by atoms with Gasteiger partial charge in [-0.05, 0) is 38.5 Å². The van der Waals surface area contributed by atoms with Crippen LogP contribution >= 0.6 is 15.9 Å². The normalized spacial score (nSPS) is 10.4. The predicted molar refractivity (Wildman–Crippen MR) is 81.3 cm³/mol. The fourth-order valence-corrected chi connectivity index (χ4v) is 2.05. The van der Waals surface area contributed by atoms with E-state index in [2.05, 4.69) is 15.9 Å². The first kappa shape index (κ1) is 16.7. The van der Waals surface area contributed by atoms with Crippen molar-refractivity contribution in [1.29, 1.82) is 0 Å². The Morgan fingerprint density at radius 3 is 2.35 bits per heavy atom. The van der Waals surface area contributed by atoms with Crippen molar-refractivity contribution in [2.45, 2.75) is 33.2 Å². The molecule has 1 rings (SSSR count). The lowest BCUT2D eigenvalue weighted by atomic mass is 10.1. The van der Waals surface area contributed by atoms with E-state index in [1.807, 2.05) is 38.1 Å². The quantitative estimate of drug-likeness (QED) is 0.747. The number of amides is 1. The van der Waals surface area contributed by atoms with E-state index in [1.165, 1.54) is 0 Å². The molecule has 0 saturated heterocycles. The van der Waals surface area contributed by atoms with Crippen LogP contribution in [0.5, 0.6) is 0 Å². The van der Waals surface area contributed by atoms with Crippen molar-refractivity contribution in [2.75, 3.05) is 13.2 Å². The van der Waals surface area contributed by atoms with Crippen LogP contribution in [0.25, 0.3) is 0 Å². The van der Waals surface area contributed by atoms with Crippen LogP contribution in [0.1, 0.15) is 26.3 Å². The fraction of sp³-hybridized carbons (Fsp3) is 0.467. The Bertz CT molecular complexity index is 457. The number of hydrogen-bond donors (Lipinski definition) is 0. The molecule has 0 spiro atoms. The third kappa shape index (κ3) is 5.33. The zero-order chi connectivity index (χ0) is 15.1. The highest BCUT2D eigenvalue weighted by molar-refractivity contribution is 9.10. The summed E-state index contributed by atoms with van der Waals surface area (Å²) in [4.78, 5) is 25.4. The molecule has 20 heavy (non-hydrogen) atoms. The summed E-state index contributed by atoms with van der Waals surface area (Å²) in [5.41, 5.74) is 0.924. The molecule has 0 saturated carbocycles. The zero-order valence-electron chi connectivity index (χ0n) is 12.1. The summed E-state index contributed by atoms with van der Waals surface area (Å²) in [5, 5.41) is 0. The lowest BCUT2D eigenvalue weighted by Crippen LogP contribution is -2.42. The molecular formula is C15H20BrNO3. The van der Waals surface area contributed by atoms with Crippen LogP contribution in [0.15, 0.2) is 28.7 Å². The first-order valence-corrected chi connectivity index (χ1v) is 7.42. The summed E-state index contributed by atoms with van der Waals surface area (Å²) >= 11 is 3.36. The highest BCUT2D eigenvalue weighted by atomic mass is 79.9. The van der Waals surface area contributed by atoms with E-state index in [1.54, 1.807) is 11.8 Å². The summed E-state index contributed by atoms with van der Waals surface area (Å²) in [5.74, 6) is -0.444. The van der Waals surface area contributed by atoms with Crippen LogP contribution in [0, 0.1) is 0 Å². The van der Waals surface area contributed by atoms with Crippen LogP contribution in [0.3, 0.4) is 0 Å². The van der Waals surface area contributed by atoms with E-state index >= 15 is 0 Å². The molecule has 0 bridgehead atoms. The molecule has 0 aromatic heterocycles. The molecule has 0 aliphatic carbocycles. The SMILES string of the molecule is CCOC(=O)CN(C(=O)Cc1ccc(Br)cc1)C(C)C. The predicted octanol–water partition coefficient (Wildman–Crippen LogP) is 2.79. The number of rotatable bonds is 6. The van der Waals surface area contributed by atoms with Gasteiger partial charge in [-0.25, -0.2) is 0 Å². The van der Waals surface area contributed by atoms with E-state index in [9.17, 15) is 9.59 Å². The van der Waals surface area contributed by atoms with Crippen LogP contribution in [0.4, 0.5) is 0 Å². The minimum absolute atomic E-state index is 0.000861. The van der Waals surface area contributed by atoms with Crippen molar-refractivity contribution in [3.8, 4) is 0 Å². The molecule has 1 aromatic rings. The molecule has 0 atom stereocenters. The largest absolute Gasteiger partial charge is 0.465 e. The second kappa shape index (κ2) is 8.04. The zero-order valence-corrected chi connectivity index (χ0v) is 13.6. The summed E-state index contributed by atoms with van der Waals surface area (Å²) in [6.45, 7) is 5.85. The third-order valence-corrected chi connectivity index (χ3v) is 3.35. The Labute approximate surface area is 128 Å². The van der Waals surface area contributed by atoms with Gasteiger partial charge in [0.15, 0.2) is 0 Å². The maximum atomic E-state index is 12.3. The van der Waals surface area contributed by atoms with Crippen LogP contribution in [-0.4, -0.2) is 36.0 Å². The van der Waals surface area contributed by atoms with E-state index in [0.29, 0.717) is 6.61 Å². The molecule has 0 aliphatic rings. The lowest BCUT2D eigenvalue weighted by Gasteiger charge is -2.25. The summed E-state index contributed by atoms with van der Waals surface area (Å²) in [6, 6.07) is 7.54. The van der Waals surface area contributed by atoms with Gasteiger partial charge in [0.05, 0.1) is 13.0 Å². The van der Waals surface area contributed by atoms with Gasteiger partial charge in [0, 0.05) is 10.5 Å². The molecule has 1 amide bonds. The van der Waals surface area contributed by atoms with Crippen molar-refractivity contribution >= 4 is 27.8 Å². The van der Waals surface area contributed by atoms with Gasteiger partial charge in [-0.1, -0.05) is 28.1 Å². The average Bonchev–Trinajstić information content (AvgIpc) is 2.38. The van der Waals surface area contributed by atoms with E-state index < -0.39 is 0 Å². The van der Waals surface area contributed by atoms with Crippen molar-refractivity contribution in [3.63, 3.8) is 0 Å². The number of carbonyl (C=O) groups is 2. The topological polar surface area (TPSA) is 46.6 Å². The van der Waals surface area contributed by atoms with Crippen molar-refractivity contribution in [3.05, 3.63) is 34.3 Å². The van der Waals surface area contributed by atoms with Crippen molar-refractivity contribution in [1.82, 2.24) is 4.90 Å². The molecule has 5 heteroatoms. The molecule has 0 N–H and O–H groups in total. The Balaban J connectivity index is 2.69. The fourth-order valence-electron chi connectivity index (χ4n) is 1.78. The monoisotopic (exact) mass is 341 g/mol. The van der Waals surface area contributed by atoms with Gasteiger partial charge in [-0.15, -0.1) is 0 Å². The highest BCUT2D eigenvalue weighted by Crippen LogP contribution is 2.12. The number of carbonyl (C=O) groups excluding carboxylic acids is 2. The van der Waals surface area contributed by atoms with Crippen LogP contribution < -0.4 is 0 Å². The Hall–Kier alpha value is -1.36. The van der Waals surface area contributed by atoms with Gasteiger partial charge in [0.2, 0.25) is 5.91 Å². The van der Waals surface area contributed by atoms with E-state index in [4.69, 9.17) is 4.74 Å². The summed E-state index contributed by atoms with van der Waals surface area (Å²) < 4.78 is 5.87. The molecule has 110 valence electrons. The first-order chi connectivity index (χ1) is 9.43. The van der Waals surface area contributed by atoms with Gasteiger partial charge in [-0.3, -0.25) is 9.59 Å². The number of halogens is 1. The second-order valence-corrected chi connectivity index (χ2v) is 5.64. The molecule has 0 aliphatic heterocycles. The van der Waals surface area contributed by atoms with Crippen molar-refractivity contribution in [2.24, 2.45) is 0 Å². The molecular weight excluding hydrogens is 322 g/mol. The molecule has 0 unspecified atom stereocenters. The van der Waals surface area contributed by atoms with Gasteiger partial charge < -0.3 is 9.64 Å². The minimum atomic E-state index is -0.370. The van der Waals surface area contributed by atoms with Crippen LogP contribution in [0.2, 0.25) is 0 Å². The molecule has 0 fully saturated rings. The number of benzene rings is 1. The highest BCUT2D eigenvalue weighted by Gasteiger charge is 2.20. The maximum Gasteiger partial charge on any atom is 0.325 e. The Morgan fingerprint density at radius 1 is 1.25 bits per heavy atom. The average molecular weight is 342 g/mol. The third-order valence-electron chi connectivity index (χ3n) is 2.82. The minimum Gasteiger partial charge on any atom is -0.465 e. The first-order valence-electron chi connectivity index (χ1n) is 6.63. The van der Waals surface area contributed by atoms with Gasteiger partial charge >= 0.3 is 5.97 Å². The van der Waals surface area contributed by atoms with Gasteiger partial charge in [-0.2, -0.15) is 0 Å². The number of esters is 1. The second-order valence-electron chi connectivity index (χ2n) is 4.72. The summed E-state index contributed by atoms with van der Waals surface area (Å²) in [7, 11) is 0. The van der Waals surface area contributed by atoms with E-state index in [0.717, 1.165) is 10.0 Å². The Morgan fingerprint density at radius 2 is 1.85 bits per heavy atom. The summed E-state index contributed by atoms with van der Waals surface area (Å²) in [6.07, 6.45) is 0.283. The van der Waals surface area contributed by atoms with E-state index in [-0.39, 0.29) is 30.9 Å². The smallest absolute Gasteiger partial charge is 0.325 e. The van der Waals surface area contributed by atoms with Crippen molar-refractivity contribution < 1.29 is 14.3 Å². The number of ether oxygens (including phenoxy) is 1. The molecule has 4 nitrogen and oxygen atoms in total. The molecule has 0 radical (unpaired) electrons. The standard InChI is InChI=1S/C15H20BrNO3/c1-4-20-15(19)10-17(11(2)3)14(18)9-12-5-7-13(16)8-6-12/h5-8,11H,4,9-10H2,1-3H3. The number of hydrogen-bond acceptors (Lipinski definition) is 3. The maximum absolute atomic E-state index is 12.3. The Kier molecular flexibility index (Phi) is 6.71. The molecule has 1 aromatic carbocycles. The van der Waals surface area contributed by atoms with Gasteiger partial charge in [0.25, 0.3) is 0 Å². The molecule has 0 heterocycles. The lowest BCUT2D eigenvalue weighted by molar-refractivity contribution is -0.149.